The van der Waals surface area contributed by atoms with Gasteiger partial charge in [-0.25, -0.2) is 0 Å². The maximum absolute atomic E-state index is 3.40. The summed E-state index contributed by atoms with van der Waals surface area (Å²) in [5.41, 5.74) is 1.50. The Bertz CT molecular complexity index is 373. The Morgan fingerprint density at radius 3 is 1.42 bits per heavy atom. The summed E-state index contributed by atoms with van der Waals surface area (Å²) in [6, 6.07) is 10.9. The Morgan fingerprint density at radius 2 is 0.962 bits per heavy atom. The fourth-order valence-electron chi connectivity index (χ4n) is 3.70. The number of rotatable bonds is 19. The zero-order valence-corrected chi connectivity index (χ0v) is 17.6. The average Bonchev–Trinajstić information content (AvgIpc) is 2.68. The van der Waals surface area contributed by atoms with E-state index in [1.54, 1.807) is 0 Å². The molecule has 0 bridgehead atoms. The Kier molecular flexibility index (Phi) is 16.9. The number of aryl methyl sites for hydroxylation is 1. The molecule has 0 spiro atoms. The van der Waals surface area contributed by atoms with E-state index in [0.717, 1.165) is 6.54 Å². The maximum Gasteiger partial charge on any atom is -0.00490 e. The van der Waals surface area contributed by atoms with Crippen molar-refractivity contribution in [2.24, 2.45) is 0 Å². The lowest BCUT2D eigenvalue weighted by Crippen LogP contribution is -2.13. The van der Waals surface area contributed by atoms with Crippen LogP contribution in [0.1, 0.15) is 109 Å². The lowest BCUT2D eigenvalue weighted by atomic mass is 10.0. The molecule has 0 aliphatic rings. The molecule has 1 aromatic rings. The first kappa shape index (κ1) is 23.2. The highest BCUT2D eigenvalue weighted by Gasteiger charge is 1.95. The van der Waals surface area contributed by atoms with Crippen molar-refractivity contribution < 1.29 is 0 Å². The van der Waals surface area contributed by atoms with Gasteiger partial charge in [0.2, 0.25) is 0 Å². The lowest BCUT2D eigenvalue weighted by Gasteiger charge is -2.04. The van der Waals surface area contributed by atoms with Gasteiger partial charge in [-0.05, 0) is 37.9 Å². The molecule has 0 atom stereocenters. The molecule has 1 rings (SSSR count). The molecule has 1 heteroatoms. The van der Waals surface area contributed by atoms with E-state index < -0.39 is 0 Å². The highest BCUT2D eigenvalue weighted by molar-refractivity contribution is 5.14. The molecule has 0 unspecified atom stereocenters. The number of nitrogens with one attached hydrogen (secondary N) is 1. The second-order valence-corrected chi connectivity index (χ2v) is 7.89. The molecule has 0 saturated heterocycles. The van der Waals surface area contributed by atoms with Crippen molar-refractivity contribution in [3.8, 4) is 0 Å². The molecule has 1 N–H and O–H groups in total. The third-order valence-corrected chi connectivity index (χ3v) is 5.41. The highest BCUT2D eigenvalue weighted by Crippen LogP contribution is 2.14. The molecule has 26 heavy (non-hydrogen) atoms. The quantitative estimate of drug-likeness (QED) is 0.250. The second kappa shape index (κ2) is 19.0. The minimum atomic E-state index is 1.12. The van der Waals surface area contributed by atoms with E-state index in [1.807, 2.05) is 0 Å². The minimum Gasteiger partial charge on any atom is -0.317 e. The van der Waals surface area contributed by atoms with Crippen molar-refractivity contribution >= 4 is 0 Å². The van der Waals surface area contributed by atoms with Crippen molar-refractivity contribution in [2.45, 2.75) is 110 Å². The van der Waals surface area contributed by atoms with Crippen LogP contribution < -0.4 is 5.32 Å². The van der Waals surface area contributed by atoms with E-state index in [9.17, 15) is 0 Å². The molecular formula is C25H45N. The third-order valence-electron chi connectivity index (χ3n) is 5.41. The molecule has 0 aliphatic heterocycles. The van der Waals surface area contributed by atoms with Crippen molar-refractivity contribution in [1.29, 1.82) is 0 Å². The zero-order chi connectivity index (χ0) is 18.5. The van der Waals surface area contributed by atoms with Gasteiger partial charge in [0.25, 0.3) is 0 Å². The monoisotopic (exact) mass is 359 g/mol. The van der Waals surface area contributed by atoms with E-state index in [2.05, 4.69) is 42.6 Å². The first-order chi connectivity index (χ1) is 12.9. The molecule has 0 saturated carbocycles. The SMILES string of the molecule is CCNCCCCCCCCCCCCCCCCCc1ccccc1. The van der Waals surface area contributed by atoms with Gasteiger partial charge in [0.05, 0.1) is 0 Å². The predicted molar refractivity (Wildman–Crippen MR) is 118 cm³/mol. The van der Waals surface area contributed by atoms with Crippen LogP contribution in [-0.2, 0) is 6.42 Å². The van der Waals surface area contributed by atoms with Crippen LogP contribution in [0.15, 0.2) is 30.3 Å². The number of benzene rings is 1. The van der Waals surface area contributed by atoms with Crippen LogP contribution in [0.4, 0.5) is 0 Å². The van der Waals surface area contributed by atoms with E-state index in [-0.39, 0.29) is 0 Å². The Balaban J connectivity index is 1.68. The van der Waals surface area contributed by atoms with E-state index >= 15 is 0 Å². The standard InChI is InChI=1S/C25H45N/c1-2-26-24-20-15-13-11-9-7-5-3-4-6-8-10-12-14-17-21-25-22-18-16-19-23-25/h16,18-19,22-23,26H,2-15,17,20-21,24H2,1H3. The molecule has 0 fully saturated rings. The lowest BCUT2D eigenvalue weighted by molar-refractivity contribution is 0.527. The van der Waals surface area contributed by atoms with Gasteiger partial charge in [0, 0.05) is 0 Å². The van der Waals surface area contributed by atoms with Crippen LogP contribution in [0.3, 0.4) is 0 Å². The largest absolute Gasteiger partial charge is 0.317 e. The second-order valence-electron chi connectivity index (χ2n) is 7.89. The molecule has 0 radical (unpaired) electrons. The average molecular weight is 360 g/mol. The third kappa shape index (κ3) is 15.4. The van der Waals surface area contributed by atoms with Crippen molar-refractivity contribution in [3.05, 3.63) is 35.9 Å². The van der Waals surface area contributed by atoms with Gasteiger partial charge in [-0.2, -0.15) is 0 Å². The minimum absolute atomic E-state index is 1.12. The molecule has 0 heterocycles. The van der Waals surface area contributed by atoms with Gasteiger partial charge in [0.15, 0.2) is 0 Å². The number of unbranched alkanes of at least 4 members (excludes halogenated alkanes) is 14. The maximum atomic E-state index is 3.40. The van der Waals surface area contributed by atoms with Crippen LogP contribution in [-0.4, -0.2) is 13.1 Å². The van der Waals surface area contributed by atoms with Crippen LogP contribution >= 0.6 is 0 Å². The van der Waals surface area contributed by atoms with Crippen molar-refractivity contribution in [2.75, 3.05) is 13.1 Å². The Labute approximate surface area is 164 Å². The topological polar surface area (TPSA) is 12.0 Å². The summed E-state index contributed by atoms with van der Waals surface area (Å²) in [5.74, 6) is 0. The first-order valence-corrected chi connectivity index (χ1v) is 11.7. The molecule has 0 aromatic heterocycles. The smallest absolute Gasteiger partial charge is 0.00490 e. The summed E-state index contributed by atoms with van der Waals surface area (Å²) >= 11 is 0. The van der Waals surface area contributed by atoms with Gasteiger partial charge >= 0.3 is 0 Å². The van der Waals surface area contributed by atoms with Crippen LogP contribution in [0.2, 0.25) is 0 Å². The van der Waals surface area contributed by atoms with Gasteiger partial charge in [0.1, 0.15) is 0 Å². The summed E-state index contributed by atoms with van der Waals surface area (Å²) in [5, 5.41) is 3.40. The molecular weight excluding hydrogens is 314 g/mol. The van der Waals surface area contributed by atoms with Gasteiger partial charge < -0.3 is 5.32 Å². The fourth-order valence-corrected chi connectivity index (χ4v) is 3.70. The molecule has 0 aliphatic carbocycles. The van der Waals surface area contributed by atoms with E-state index in [1.165, 1.54) is 115 Å². The molecule has 0 amide bonds. The summed E-state index contributed by atoms with van der Waals surface area (Å²) in [6.45, 7) is 4.52. The van der Waals surface area contributed by atoms with Crippen LogP contribution in [0, 0.1) is 0 Å². The van der Waals surface area contributed by atoms with Crippen LogP contribution in [0.5, 0.6) is 0 Å². The molecule has 1 nitrogen and oxygen atoms in total. The molecule has 1 aromatic carbocycles. The van der Waals surface area contributed by atoms with Gasteiger partial charge in [-0.1, -0.05) is 121 Å². The van der Waals surface area contributed by atoms with Crippen molar-refractivity contribution in [3.63, 3.8) is 0 Å². The Morgan fingerprint density at radius 1 is 0.538 bits per heavy atom. The van der Waals surface area contributed by atoms with Gasteiger partial charge in [-0.15, -0.1) is 0 Å². The predicted octanol–water partition coefficient (Wildman–Crippen LogP) is 7.69. The number of hydrogen-bond acceptors (Lipinski definition) is 1. The Hall–Kier alpha value is -0.820. The summed E-state index contributed by atoms with van der Waals surface area (Å²) in [4.78, 5) is 0. The van der Waals surface area contributed by atoms with E-state index in [0.29, 0.717) is 0 Å². The number of hydrogen-bond donors (Lipinski definition) is 1. The first-order valence-electron chi connectivity index (χ1n) is 11.7. The van der Waals surface area contributed by atoms with Gasteiger partial charge in [-0.3, -0.25) is 0 Å². The fraction of sp³-hybridized carbons (Fsp3) is 0.760. The molecule has 150 valence electrons. The highest BCUT2D eigenvalue weighted by atomic mass is 14.8. The van der Waals surface area contributed by atoms with Crippen LogP contribution in [0.25, 0.3) is 0 Å². The normalized spacial score (nSPS) is 11.1. The van der Waals surface area contributed by atoms with E-state index in [4.69, 9.17) is 0 Å². The summed E-state index contributed by atoms with van der Waals surface area (Å²) < 4.78 is 0. The van der Waals surface area contributed by atoms with Crippen molar-refractivity contribution in [1.82, 2.24) is 5.32 Å². The summed E-state index contributed by atoms with van der Waals surface area (Å²) in [6.07, 6.45) is 22.8. The zero-order valence-electron chi connectivity index (χ0n) is 17.6. The summed E-state index contributed by atoms with van der Waals surface area (Å²) in [7, 11) is 0.